The van der Waals surface area contributed by atoms with Crippen LogP contribution in [-0.4, -0.2) is 31.7 Å². The maximum Gasteiger partial charge on any atom is 0.185 e. The van der Waals surface area contributed by atoms with Gasteiger partial charge in [0.25, 0.3) is 0 Å². The van der Waals surface area contributed by atoms with Crippen molar-refractivity contribution in [3.8, 4) is 0 Å². The first-order valence-corrected chi connectivity index (χ1v) is 7.99. The lowest BCUT2D eigenvalue weighted by atomic mass is 10.2. The fourth-order valence-corrected chi connectivity index (χ4v) is 3.66. The Bertz CT molecular complexity index is 388. The van der Waals surface area contributed by atoms with Crippen LogP contribution in [0.4, 0.5) is 5.13 Å². The molecule has 5 heteroatoms. The van der Waals surface area contributed by atoms with Gasteiger partial charge in [0.05, 0.1) is 12.3 Å². The van der Waals surface area contributed by atoms with E-state index in [0.717, 1.165) is 23.9 Å². The van der Waals surface area contributed by atoms with Gasteiger partial charge in [-0.3, -0.25) is 0 Å². The van der Waals surface area contributed by atoms with Crippen LogP contribution in [0.3, 0.4) is 0 Å². The van der Waals surface area contributed by atoms with E-state index in [9.17, 15) is 0 Å². The van der Waals surface area contributed by atoms with Crippen LogP contribution in [0.15, 0.2) is 0 Å². The summed E-state index contributed by atoms with van der Waals surface area (Å²) >= 11 is 1.81. The Morgan fingerprint density at radius 1 is 1.42 bits per heavy atom. The molecule has 0 spiro atoms. The molecule has 1 aliphatic carbocycles. The van der Waals surface area contributed by atoms with E-state index in [1.54, 1.807) is 18.4 Å². The minimum atomic E-state index is 0.607. The van der Waals surface area contributed by atoms with Crippen molar-refractivity contribution in [1.82, 2.24) is 10.3 Å². The molecule has 1 N–H and O–H groups in total. The van der Waals surface area contributed by atoms with Crippen LogP contribution in [0.2, 0.25) is 0 Å². The van der Waals surface area contributed by atoms with Crippen LogP contribution < -0.4 is 10.2 Å². The summed E-state index contributed by atoms with van der Waals surface area (Å²) in [5.74, 6) is 0. The first-order chi connectivity index (χ1) is 9.26. The second-order valence-electron chi connectivity index (χ2n) is 5.13. The lowest BCUT2D eigenvalue weighted by molar-refractivity contribution is 0.181. The highest BCUT2D eigenvalue weighted by atomic mass is 32.1. The molecular weight excluding hydrogens is 258 g/mol. The van der Waals surface area contributed by atoms with Crippen molar-refractivity contribution in [2.24, 2.45) is 0 Å². The smallest absolute Gasteiger partial charge is 0.185 e. The molecular formula is C14H25N3OS. The summed E-state index contributed by atoms with van der Waals surface area (Å²) in [7, 11) is 3.92. The minimum Gasteiger partial charge on any atom is -0.378 e. The summed E-state index contributed by atoms with van der Waals surface area (Å²) in [4.78, 5) is 8.45. The van der Waals surface area contributed by atoms with Crippen LogP contribution in [0.1, 0.15) is 43.2 Å². The summed E-state index contributed by atoms with van der Waals surface area (Å²) in [5, 5.41) is 4.53. The molecule has 0 saturated heterocycles. The molecule has 0 aliphatic heterocycles. The zero-order valence-electron chi connectivity index (χ0n) is 12.2. The number of thiazole rings is 1. The molecule has 19 heavy (non-hydrogen) atoms. The molecule has 1 heterocycles. The summed E-state index contributed by atoms with van der Waals surface area (Å²) in [6.45, 7) is 4.61. The van der Waals surface area contributed by atoms with E-state index in [1.807, 2.05) is 0 Å². The molecule has 0 atom stereocenters. The van der Waals surface area contributed by atoms with Crippen LogP contribution in [0, 0.1) is 0 Å². The van der Waals surface area contributed by atoms with Crippen molar-refractivity contribution in [2.75, 3.05) is 25.6 Å². The molecule has 0 amide bonds. The molecule has 108 valence electrons. The Hall–Kier alpha value is -0.650. The van der Waals surface area contributed by atoms with Crippen LogP contribution in [-0.2, 0) is 17.9 Å². The third-order valence-corrected chi connectivity index (χ3v) is 4.95. The maximum atomic E-state index is 5.26. The molecule has 0 radical (unpaired) electrons. The molecule has 2 rings (SSSR count). The molecule has 0 unspecified atom stereocenters. The van der Waals surface area contributed by atoms with Gasteiger partial charge in [-0.1, -0.05) is 19.8 Å². The van der Waals surface area contributed by atoms with Crippen molar-refractivity contribution in [1.29, 1.82) is 0 Å². The summed E-state index contributed by atoms with van der Waals surface area (Å²) in [6.07, 6.45) is 5.32. The van der Waals surface area contributed by atoms with Gasteiger partial charge < -0.3 is 15.0 Å². The van der Waals surface area contributed by atoms with Gasteiger partial charge in [0, 0.05) is 31.6 Å². The van der Waals surface area contributed by atoms with E-state index >= 15 is 0 Å². The fraction of sp³-hybridized carbons (Fsp3) is 0.786. The Morgan fingerprint density at radius 3 is 2.79 bits per heavy atom. The SMILES string of the molecule is CCNCc1sc(N(C)C2CCCC2)nc1COC. The number of hydrogen-bond donors (Lipinski definition) is 1. The highest BCUT2D eigenvalue weighted by Crippen LogP contribution is 2.31. The highest BCUT2D eigenvalue weighted by molar-refractivity contribution is 7.15. The van der Waals surface area contributed by atoms with Gasteiger partial charge in [-0.2, -0.15) is 0 Å². The van der Waals surface area contributed by atoms with Crippen molar-refractivity contribution in [3.63, 3.8) is 0 Å². The number of methoxy groups -OCH3 is 1. The Morgan fingerprint density at radius 2 is 2.16 bits per heavy atom. The Balaban J connectivity index is 2.10. The number of nitrogens with zero attached hydrogens (tertiary/aromatic N) is 2. The normalized spacial score (nSPS) is 16.2. The van der Waals surface area contributed by atoms with Crippen LogP contribution in [0.5, 0.6) is 0 Å². The fourth-order valence-electron chi connectivity index (χ4n) is 2.59. The quantitative estimate of drug-likeness (QED) is 0.835. The average molecular weight is 283 g/mol. The second kappa shape index (κ2) is 7.22. The maximum absolute atomic E-state index is 5.26. The van der Waals surface area contributed by atoms with Crippen molar-refractivity contribution >= 4 is 16.5 Å². The van der Waals surface area contributed by atoms with Crippen LogP contribution >= 0.6 is 11.3 Å². The van der Waals surface area contributed by atoms with Gasteiger partial charge in [-0.15, -0.1) is 11.3 Å². The largest absolute Gasteiger partial charge is 0.378 e. The topological polar surface area (TPSA) is 37.4 Å². The molecule has 1 aliphatic rings. The number of nitrogens with one attached hydrogen (secondary N) is 1. The van der Waals surface area contributed by atoms with E-state index in [0.29, 0.717) is 12.6 Å². The van der Waals surface area contributed by atoms with E-state index in [2.05, 4.69) is 24.2 Å². The molecule has 1 aromatic heterocycles. The lowest BCUT2D eigenvalue weighted by Gasteiger charge is -2.23. The average Bonchev–Trinajstić information content (AvgIpc) is 3.06. The Kier molecular flexibility index (Phi) is 5.60. The van der Waals surface area contributed by atoms with Gasteiger partial charge in [-0.25, -0.2) is 4.98 Å². The first-order valence-electron chi connectivity index (χ1n) is 7.17. The molecule has 0 aromatic carbocycles. The van der Waals surface area contributed by atoms with E-state index in [1.165, 1.54) is 30.6 Å². The standard InChI is InChI=1S/C14H25N3OS/c1-4-15-9-13-12(10-18-3)16-14(19-13)17(2)11-7-5-6-8-11/h11,15H,4-10H2,1-3H3. The monoisotopic (exact) mass is 283 g/mol. The minimum absolute atomic E-state index is 0.607. The third-order valence-electron chi connectivity index (χ3n) is 3.76. The number of aromatic nitrogens is 1. The van der Waals surface area contributed by atoms with Crippen molar-refractivity contribution < 1.29 is 4.74 Å². The summed E-state index contributed by atoms with van der Waals surface area (Å²) in [5.41, 5.74) is 1.09. The summed E-state index contributed by atoms with van der Waals surface area (Å²) < 4.78 is 5.26. The Labute approximate surface area is 120 Å². The number of ether oxygens (including phenoxy) is 1. The van der Waals surface area contributed by atoms with Crippen molar-refractivity contribution in [3.05, 3.63) is 10.6 Å². The van der Waals surface area contributed by atoms with Gasteiger partial charge >= 0.3 is 0 Å². The van der Waals surface area contributed by atoms with Gasteiger partial charge in [-0.05, 0) is 19.4 Å². The third kappa shape index (κ3) is 3.68. The number of anilines is 1. The first kappa shape index (κ1) is 14.8. The van der Waals surface area contributed by atoms with Crippen molar-refractivity contribution in [2.45, 2.75) is 51.8 Å². The highest BCUT2D eigenvalue weighted by Gasteiger charge is 2.23. The van der Waals surface area contributed by atoms with E-state index in [-0.39, 0.29) is 0 Å². The van der Waals surface area contributed by atoms with Gasteiger partial charge in [0.15, 0.2) is 5.13 Å². The molecule has 4 nitrogen and oxygen atoms in total. The molecule has 0 bridgehead atoms. The lowest BCUT2D eigenvalue weighted by Crippen LogP contribution is -2.28. The number of hydrogen-bond acceptors (Lipinski definition) is 5. The molecule has 1 saturated carbocycles. The molecule has 1 fully saturated rings. The summed E-state index contributed by atoms with van der Waals surface area (Å²) in [6, 6.07) is 0.675. The second-order valence-corrected chi connectivity index (χ2v) is 6.19. The van der Waals surface area contributed by atoms with Crippen LogP contribution in [0.25, 0.3) is 0 Å². The van der Waals surface area contributed by atoms with Gasteiger partial charge in [0.1, 0.15) is 0 Å². The zero-order chi connectivity index (χ0) is 13.7. The molecule has 1 aromatic rings. The predicted molar refractivity (Wildman–Crippen MR) is 80.9 cm³/mol. The van der Waals surface area contributed by atoms with E-state index < -0.39 is 0 Å². The number of rotatable bonds is 7. The predicted octanol–water partition coefficient (Wildman–Crippen LogP) is 2.78. The van der Waals surface area contributed by atoms with Gasteiger partial charge in [0.2, 0.25) is 0 Å². The zero-order valence-corrected chi connectivity index (χ0v) is 13.1. The van der Waals surface area contributed by atoms with E-state index in [4.69, 9.17) is 9.72 Å².